The van der Waals surface area contributed by atoms with Crippen LogP contribution in [0.4, 0.5) is 13.2 Å². The summed E-state index contributed by atoms with van der Waals surface area (Å²) in [6, 6.07) is 0. The van der Waals surface area contributed by atoms with Crippen LogP contribution in [0.2, 0.25) is 0 Å². The van der Waals surface area contributed by atoms with Crippen molar-refractivity contribution in [1.82, 2.24) is 0 Å². The summed E-state index contributed by atoms with van der Waals surface area (Å²) < 4.78 is 39.5. The molecule has 0 fully saturated rings. The van der Waals surface area contributed by atoms with Gasteiger partial charge in [0.2, 0.25) is 0 Å². The second-order valence-corrected chi connectivity index (χ2v) is 3.22. The highest BCUT2D eigenvalue weighted by atomic mass is 19.2. The summed E-state index contributed by atoms with van der Waals surface area (Å²) in [7, 11) is 0. The summed E-state index contributed by atoms with van der Waals surface area (Å²) in [5, 5.41) is 10.3. The number of carboxylic acids is 1. The molecule has 0 spiro atoms. The number of aliphatic carboxylic acids is 1. The van der Waals surface area contributed by atoms with Gasteiger partial charge in [0.15, 0.2) is 11.6 Å². The molecular formula is C10H8F3O2-. The molecule has 82 valence electrons. The average Bonchev–Trinajstić information content (AvgIpc) is 2.18. The second kappa shape index (κ2) is 3.92. The molecule has 0 aliphatic heterocycles. The Morgan fingerprint density at radius 2 is 1.60 bits per heavy atom. The molecule has 0 aliphatic carbocycles. The van der Waals surface area contributed by atoms with Crippen LogP contribution in [-0.4, -0.2) is 5.97 Å². The predicted molar refractivity (Wildman–Crippen MR) is 44.5 cm³/mol. The zero-order valence-electron chi connectivity index (χ0n) is 8.16. The Hall–Kier alpha value is -1.52. The molecule has 0 radical (unpaired) electrons. The van der Waals surface area contributed by atoms with Crippen LogP contribution in [0, 0.1) is 31.3 Å². The lowest BCUT2D eigenvalue weighted by molar-refractivity contribution is -0.304. The Kier molecular flexibility index (Phi) is 3.02. The molecule has 15 heavy (non-hydrogen) atoms. The van der Waals surface area contributed by atoms with Crippen molar-refractivity contribution in [3.8, 4) is 0 Å². The van der Waals surface area contributed by atoms with Gasteiger partial charge in [0.25, 0.3) is 0 Å². The topological polar surface area (TPSA) is 40.1 Å². The number of benzene rings is 1. The molecule has 0 saturated heterocycles. The molecule has 1 aromatic rings. The van der Waals surface area contributed by atoms with E-state index >= 15 is 0 Å². The number of carboxylic acid groups (broad SMARTS) is 1. The van der Waals surface area contributed by atoms with Crippen molar-refractivity contribution >= 4 is 5.97 Å². The standard InChI is InChI=1S/C10H9F3O2/c1-4-6(3-7(14)15)10(13)9(12)5(2)8(4)11/h3H2,1-2H3,(H,14,15)/p-1. The molecule has 0 aliphatic rings. The van der Waals surface area contributed by atoms with Crippen LogP contribution in [0.5, 0.6) is 0 Å². The molecule has 0 bridgehead atoms. The van der Waals surface area contributed by atoms with Crippen molar-refractivity contribution in [2.45, 2.75) is 20.3 Å². The van der Waals surface area contributed by atoms with Crippen LogP contribution in [0.1, 0.15) is 16.7 Å². The minimum atomic E-state index is -1.58. The van der Waals surface area contributed by atoms with Crippen molar-refractivity contribution in [2.24, 2.45) is 0 Å². The molecule has 0 atom stereocenters. The van der Waals surface area contributed by atoms with Crippen LogP contribution in [-0.2, 0) is 11.2 Å². The van der Waals surface area contributed by atoms with Gasteiger partial charge in [0.05, 0.1) is 0 Å². The average molecular weight is 217 g/mol. The third-order valence-electron chi connectivity index (χ3n) is 2.22. The Morgan fingerprint density at radius 3 is 2.07 bits per heavy atom. The summed E-state index contributed by atoms with van der Waals surface area (Å²) >= 11 is 0. The number of carbonyl (C=O) groups is 1. The first-order chi connectivity index (χ1) is 6.86. The third-order valence-corrected chi connectivity index (χ3v) is 2.22. The van der Waals surface area contributed by atoms with Gasteiger partial charge in [-0.2, -0.15) is 0 Å². The Bertz CT molecular complexity index is 398. The largest absolute Gasteiger partial charge is 0.550 e. The van der Waals surface area contributed by atoms with E-state index in [1.807, 2.05) is 0 Å². The van der Waals surface area contributed by atoms with Gasteiger partial charge in [-0.1, -0.05) is 0 Å². The van der Waals surface area contributed by atoms with E-state index in [-0.39, 0.29) is 5.56 Å². The Labute approximate surface area is 84.3 Å². The van der Waals surface area contributed by atoms with Gasteiger partial charge in [-0.25, -0.2) is 13.2 Å². The van der Waals surface area contributed by atoms with Crippen molar-refractivity contribution in [3.63, 3.8) is 0 Å². The van der Waals surface area contributed by atoms with E-state index in [0.29, 0.717) is 0 Å². The number of rotatable bonds is 2. The highest BCUT2D eigenvalue weighted by Crippen LogP contribution is 2.24. The van der Waals surface area contributed by atoms with E-state index < -0.39 is 41.0 Å². The maximum absolute atomic E-state index is 13.3. The lowest BCUT2D eigenvalue weighted by Gasteiger charge is -2.12. The first-order valence-electron chi connectivity index (χ1n) is 4.18. The van der Waals surface area contributed by atoms with E-state index in [4.69, 9.17) is 0 Å². The van der Waals surface area contributed by atoms with Crippen LogP contribution in [0.3, 0.4) is 0 Å². The van der Waals surface area contributed by atoms with Gasteiger partial charge in [-0.05, 0) is 19.4 Å². The Balaban J connectivity index is 3.45. The first-order valence-corrected chi connectivity index (χ1v) is 4.18. The minimum absolute atomic E-state index is 0.199. The van der Waals surface area contributed by atoms with Crippen molar-refractivity contribution in [2.75, 3.05) is 0 Å². The van der Waals surface area contributed by atoms with E-state index in [1.54, 1.807) is 0 Å². The summed E-state index contributed by atoms with van der Waals surface area (Å²) in [5.74, 6) is -5.19. The molecule has 2 nitrogen and oxygen atoms in total. The molecule has 5 heteroatoms. The van der Waals surface area contributed by atoms with E-state index in [2.05, 4.69) is 0 Å². The smallest absolute Gasteiger partial charge is 0.164 e. The van der Waals surface area contributed by atoms with Gasteiger partial charge < -0.3 is 9.90 Å². The molecule has 0 aromatic heterocycles. The maximum atomic E-state index is 13.3. The van der Waals surface area contributed by atoms with Crippen LogP contribution < -0.4 is 5.11 Å². The number of halogens is 3. The fraction of sp³-hybridized carbons (Fsp3) is 0.300. The van der Waals surface area contributed by atoms with Gasteiger partial charge in [-0.15, -0.1) is 0 Å². The Morgan fingerprint density at radius 1 is 1.07 bits per heavy atom. The van der Waals surface area contributed by atoms with Crippen molar-refractivity contribution < 1.29 is 23.1 Å². The zero-order chi connectivity index (χ0) is 11.7. The normalized spacial score (nSPS) is 10.5. The zero-order valence-corrected chi connectivity index (χ0v) is 8.16. The quantitative estimate of drug-likeness (QED) is 0.694. The lowest BCUT2D eigenvalue weighted by atomic mass is 10.0. The van der Waals surface area contributed by atoms with E-state index in [9.17, 15) is 23.1 Å². The lowest BCUT2D eigenvalue weighted by Crippen LogP contribution is -2.26. The SMILES string of the molecule is Cc1c(F)c(C)c(CC(=O)[O-])c(F)c1F. The first kappa shape index (κ1) is 11.6. The van der Waals surface area contributed by atoms with Crippen molar-refractivity contribution in [3.05, 3.63) is 34.1 Å². The minimum Gasteiger partial charge on any atom is -0.550 e. The highest BCUT2D eigenvalue weighted by Gasteiger charge is 2.19. The van der Waals surface area contributed by atoms with Crippen LogP contribution >= 0.6 is 0 Å². The van der Waals surface area contributed by atoms with E-state index in [0.717, 1.165) is 6.92 Å². The summed E-state index contributed by atoms with van der Waals surface area (Å²) in [6.45, 7) is 2.28. The van der Waals surface area contributed by atoms with Crippen LogP contribution in [0.15, 0.2) is 0 Å². The molecule has 0 heterocycles. The fourth-order valence-electron chi connectivity index (χ4n) is 1.33. The molecule has 1 rings (SSSR count). The third kappa shape index (κ3) is 1.95. The highest BCUT2D eigenvalue weighted by molar-refractivity contribution is 5.68. The maximum Gasteiger partial charge on any atom is 0.164 e. The van der Waals surface area contributed by atoms with E-state index in [1.165, 1.54) is 6.92 Å². The number of carbonyl (C=O) groups excluding carboxylic acids is 1. The fourth-order valence-corrected chi connectivity index (χ4v) is 1.33. The number of hydrogen-bond donors (Lipinski definition) is 0. The molecule has 0 unspecified atom stereocenters. The summed E-state index contributed by atoms with van der Waals surface area (Å²) in [5.41, 5.74) is -1.15. The molecule has 0 amide bonds. The molecular weight excluding hydrogens is 209 g/mol. The number of hydrogen-bond acceptors (Lipinski definition) is 2. The van der Waals surface area contributed by atoms with Gasteiger partial charge >= 0.3 is 0 Å². The van der Waals surface area contributed by atoms with Crippen molar-refractivity contribution in [1.29, 1.82) is 0 Å². The molecule has 1 aromatic carbocycles. The monoisotopic (exact) mass is 217 g/mol. The molecule has 0 N–H and O–H groups in total. The predicted octanol–water partition coefficient (Wildman–Crippen LogP) is 1.01. The summed E-state index contributed by atoms with van der Waals surface area (Å²) in [4.78, 5) is 10.3. The second-order valence-electron chi connectivity index (χ2n) is 3.22. The molecule has 0 saturated carbocycles. The van der Waals surface area contributed by atoms with Crippen LogP contribution in [0.25, 0.3) is 0 Å². The van der Waals surface area contributed by atoms with Gasteiger partial charge in [0.1, 0.15) is 5.82 Å². The van der Waals surface area contributed by atoms with Gasteiger partial charge in [0, 0.05) is 23.5 Å². The summed E-state index contributed by atoms with van der Waals surface area (Å²) in [6.07, 6.45) is -0.841. The van der Waals surface area contributed by atoms with Gasteiger partial charge in [-0.3, -0.25) is 0 Å².